The highest BCUT2D eigenvalue weighted by Crippen LogP contribution is 2.46. The number of hydrogen-bond acceptors (Lipinski definition) is 3. The normalized spacial score (nSPS) is 27.6. The molecule has 0 aromatic rings. The monoisotopic (exact) mass is 225 g/mol. The van der Waals surface area contributed by atoms with Crippen LogP contribution < -0.4 is 0 Å². The van der Waals surface area contributed by atoms with Crippen molar-refractivity contribution in [3.8, 4) is 6.07 Å². The summed E-state index contributed by atoms with van der Waals surface area (Å²) in [5.74, 6) is 0.447. The van der Waals surface area contributed by atoms with E-state index in [9.17, 15) is 4.79 Å². The number of hydrogen-bond donors (Lipinski definition) is 0. The molecule has 0 bridgehead atoms. The molecule has 0 radical (unpaired) electrons. The van der Waals surface area contributed by atoms with Crippen molar-refractivity contribution < 1.29 is 9.53 Å². The first-order valence-corrected chi connectivity index (χ1v) is 6.06. The van der Waals surface area contributed by atoms with Gasteiger partial charge in [-0.05, 0) is 24.2 Å². The van der Waals surface area contributed by atoms with Gasteiger partial charge < -0.3 is 4.74 Å². The smallest absolute Gasteiger partial charge is 0.306 e. The van der Waals surface area contributed by atoms with E-state index >= 15 is 0 Å². The van der Waals surface area contributed by atoms with Crippen LogP contribution in [0.3, 0.4) is 0 Å². The number of esters is 1. The van der Waals surface area contributed by atoms with Gasteiger partial charge in [0.15, 0.2) is 0 Å². The largest absolute Gasteiger partial charge is 0.469 e. The van der Waals surface area contributed by atoms with Crippen LogP contribution in [0.5, 0.6) is 0 Å². The average molecular weight is 225 g/mol. The third-order valence-corrected chi connectivity index (χ3v) is 3.15. The zero-order valence-corrected chi connectivity index (χ0v) is 10.9. The predicted octanol–water partition coefficient (Wildman–Crippen LogP) is 3.30. The van der Waals surface area contributed by atoms with Crippen LogP contribution in [0.2, 0.25) is 0 Å². The molecule has 1 unspecified atom stereocenters. The van der Waals surface area contributed by atoms with E-state index in [1.54, 1.807) is 0 Å². The lowest BCUT2D eigenvalue weighted by Crippen LogP contribution is -2.21. The van der Waals surface area contributed by atoms with Crippen molar-refractivity contribution in [1.29, 1.82) is 5.26 Å². The van der Waals surface area contributed by atoms with E-state index < -0.39 is 0 Å². The van der Waals surface area contributed by atoms with E-state index in [1.807, 2.05) is 13.8 Å². The summed E-state index contributed by atoms with van der Waals surface area (Å²) >= 11 is 0. The van der Waals surface area contributed by atoms with Crippen molar-refractivity contribution in [2.75, 3.05) is 7.11 Å². The number of carbonyl (C=O) groups is 1. The lowest BCUT2D eigenvalue weighted by atomic mass is 9.79. The molecule has 0 spiro atoms. The van der Waals surface area contributed by atoms with E-state index in [1.165, 1.54) is 7.11 Å². The maximum Gasteiger partial charge on any atom is 0.306 e. The van der Waals surface area contributed by atoms with Crippen LogP contribution in [0.15, 0.2) is 0 Å². The van der Waals surface area contributed by atoms with Gasteiger partial charge in [-0.2, -0.15) is 5.26 Å². The summed E-state index contributed by atoms with van der Waals surface area (Å²) in [6.45, 7) is 6.18. The number of carbonyl (C=O) groups excluding carboxylic acids is 1. The van der Waals surface area contributed by atoms with Crippen LogP contribution >= 0.6 is 0 Å². The Kier molecular flexibility index (Phi) is 6.80. The minimum Gasteiger partial charge on any atom is -0.469 e. The molecule has 16 heavy (non-hydrogen) atoms. The summed E-state index contributed by atoms with van der Waals surface area (Å²) in [5, 5.41) is 8.76. The molecular weight excluding hydrogens is 202 g/mol. The van der Waals surface area contributed by atoms with Crippen LogP contribution in [0.4, 0.5) is 0 Å². The fourth-order valence-corrected chi connectivity index (χ4v) is 2.43. The number of methoxy groups -OCH3 is 1. The molecule has 0 aromatic heterocycles. The molecule has 1 rings (SSSR count). The fraction of sp³-hybridized carbons (Fsp3) is 0.846. The standard InChI is InChI=1S/C11H17NO2.C2H6/c1-9-3-4-11(7-9,5-6-12)8-10(13)14-2;1-2/h9H,3-5,7-8H2,1-2H3;1-2H3/t9?,11-;/m0./s1. The first kappa shape index (κ1) is 15.0. The van der Waals surface area contributed by atoms with Crippen LogP contribution in [-0.2, 0) is 9.53 Å². The van der Waals surface area contributed by atoms with Crippen molar-refractivity contribution in [3.05, 3.63) is 0 Å². The van der Waals surface area contributed by atoms with Crippen LogP contribution in [0, 0.1) is 22.7 Å². The van der Waals surface area contributed by atoms with Gasteiger partial charge in [0, 0.05) is 6.42 Å². The highest BCUT2D eigenvalue weighted by atomic mass is 16.5. The van der Waals surface area contributed by atoms with E-state index in [2.05, 4.69) is 17.7 Å². The van der Waals surface area contributed by atoms with Crippen molar-refractivity contribution in [3.63, 3.8) is 0 Å². The summed E-state index contributed by atoms with van der Waals surface area (Å²) in [5.41, 5.74) is -0.0960. The van der Waals surface area contributed by atoms with E-state index in [0.717, 1.165) is 19.3 Å². The molecule has 1 aliphatic carbocycles. The van der Waals surface area contributed by atoms with Gasteiger partial charge in [-0.3, -0.25) is 4.79 Å². The third-order valence-electron chi connectivity index (χ3n) is 3.15. The zero-order valence-electron chi connectivity index (χ0n) is 10.9. The summed E-state index contributed by atoms with van der Waals surface area (Å²) in [4.78, 5) is 11.2. The Morgan fingerprint density at radius 2 is 2.19 bits per heavy atom. The Hall–Kier alpha value is -1.04. The Balaban J connectivity index is 0.00000106. The topological polar surface area (TPSA) is 50.1 Å². The molecule has 0 heterocycles. The number of nitriles is 1. The highest BCUT2D eigenvalue weighted by Gasteiger charge is 2.39. The number of ether oxygens (including phenoxy) is 1. The molecular formula is C13H23NO2. The molecule has 92 valence electrons. The molecule has 1 saturated carbocycles. The quantitative estimate of drug-likeness (QED) is 0.692. The van der Waals surface area contributed by atoms with E-state index in [4.69, 9.17) is 5.26 Å². The summed E-state index contributed by atoms with van der Waals surface area (Å²) in [7, 11) is 1.40. The molecule has 3 nitrogen and oxygen atoms in total. The second-order valence-electron chi connectivity index (χ2n) is 4.44. The molecule has 0 aliphatic heterocycles. The predicted molar refractivity (Wildman–Crippen MR) is 63.7 cm³/mol. The molecule has 2 atom stereocenters. The van der Waals surface area contributed by atoms with Gasteiger partial charge in [0.2, 0.25) is 0 Å². The minimum atomic E-state index is -0.186. The molecule has 1 fully saturated rings. The molecule has 3 heteroatoms. The second kappa shape index (κ2) is 7.27. The first-order valence-electron chi connectivity index (χ1n) is 6.06. The van der Waals surface area contributed by atoms with Gasteiger partial charge in [-0.1, -0.05) is 27.2 Å². The average Bonchev–Trinajstić information content (AvgIpc) is 2.63. The van der Waals surface area contributed by atoms with Gasteiger partial charge in [0.25, 0.3) is 0 Å². The van der Waals surface area contributed by atoms with E-state index in [0.29, 0.717) is 18.8 Å². The Labute approximate surface area is 98.8 Å². The van der Waals surface area contributed by atoms with Crippen molar-refractivity contribution in [2.45, 2.75) is 52.9 Å². The third kappa shape index (κ3) is 4.22. The summed E-state index contributed by atoms with van der Waals surface area (Å²) in [6, 6.07) is 2.19. The Bertz CT molecular complexity index is 257. The summed E-state index contributed by atoms with van der Waals surface area (Å²) < 4.78 is 4.67. The van der Waals surface area contributed by atoms with Crippen LogP contribution in [-0.4, -0.2) is 13.1 Å². The van der Waals surface area contributed by atoms with Gasteiger partial charge in [-0.15, -0.1) is 0 Å². The Morgan fingerprint density at radius 1 is 1.56 bits per heavy atom. The minimum absolute atomic E-state index is 0.0960. The Morgan fingerprint density at radius 3 is 2.56 bits per heavy atom. The number of rotatable bonds is 3. The maximum absolute atomic E-state index is 11.2. The second-order valence-corrected chi connectivity index (χ2v) is 4.44. The highest BCUT2D eigenvalue weighted by molar-refractivity contribution is 5.70. The van der Waals surface area contributed by atoms with Gasteiger partial charge in [0.05, 0.1) is 19.6 Å². The zero-order chi connectivity index (χ0) is 12.6. The van der Waals surface area contributed by atoms with Gasteiger partial charge in [-0.25, -0.2) is 0 Å². The number of nitrogens with zero attached hydrogens (tertiary/aromatic N) is 1. The van der Waals surface area contributed by atoms with Gasteiger partial charge in [0.1, 0.15) is 0 Å². The molecule has 1 aliphatic rings. The molecule has 0 N–H and O–H groups in total. The lowest BCUT2D eigenvalue weighted by molar-refractivity contribution is -0.143. The first-order chi connectivity index (χ1) is 7.62. The molecule has 0 amide bonds. The van der Waals surface area contributed by atoms with Crippen molar-refractivity contribution >= 4 is 5.97 Å². The SMILES string of the molecule is CC.COC(=O)C[C@]1(CC#N)CCC(C)C1. The van der Waals surface area contributed by atoms with Crippen LogP contribution in [0.1, 0.15) is 52.9 Å². The van der Waals surface area contributed by atoms with Crippen molar-refractivity contribution in [2.24, 2.45) is 11.3 Å². The fourth-order valence-electron chi connectivity index (χ4n) is 2.43. The molecule has 0 saturated heterocycles. The van der Waals surface area contributed by atoms with Crippen LogP contribution in [0.25, 0.3) is 0 Å². The lowest BCUT2D eigenvalue weighted by Gasteiger charge is -2.24. The maximum atomic E-state index is 11.2. The van der Waals surface area contributed by atoms with E-state index in [-0.39, 0.29) is 11.4 Å². The van der Waals surface area contributed by atoms with Gasteiger partial charge >= 0.3 is 5.97 Å². The van der Waals surface area contributed by atoms with Crippen molar-refractivity contribution in [1.82, 2.24) is 0 Å². The molecule has 0 aromatic carbocycles. The summed E-state index contributed by atoms with van der Waals surface area (Å²) in [6.07, 6.45) is 3.97.